The lowest BCUT2D eigenvalue weighted by Crippen LogP contribution is -2.10. The molecule has 1 nitrogen and oxygen atoms in total. The van der Waals surface area contributed by atoms with Crippen LogP contribution in [-0.4, -0.2) is 11.1 Å². The summed E-state index contributed by atoms with van der Waals surface area (Å²) in [5, 5.41) is 0. The molecule has 0 unspecified atom stereocenters. The number of benzene rings is 1. The third-order valence-electron chi connectivity index (χ3n) is 3.86. The Morgan fingerprint density at radius 2 is 1.29 bits per heavy atom. The van der Waals surface area contributed by atoms with E-state index in [1.54, 1.807) is 0 Å². The summed E-state index contributed by atoms with van der Waals surface area (Å²) < 4.78 is 0. The van der Waals surface area contributed by atoms with Gasteiger partial charge in [0.25, 0.3) is 0 Å². The van der Waals surface area contributed by atoms with E-state index >= 15 is 0 Å². The molecule has 1 aliphatic rings. The summed E-state index contributed by atoms with van der Waals surface area (Å²) >= 11 is 0. The van der Waals surface area contributed by atoms with Crippen LogP contribution in [0.5, 0.6) is 0 Å². The van der Waals surface area contributed by atoms with Gasteiger partial charge in [-0.15, -0.1) is 0 Å². The molecule has 2 rings (SSSR count). The lowest BCUT2D eigenvalue weighted by molar-refractivity contribution is 0.652. The highest BCUT2D eigenvalue weighted by Gasteiger charge is 2.62. The quantitative estimate of drug-likeness (QED) is 0.612. The van der Waals surface area contributed by atoms with Crippen molar-refractivity contribution in [1.82, 2.24) is 0 Å². The van der Waals surface area contributed by atoms with Crippen LogP contribution in [0.25, 0.3) is 0 Å². The molecule has 0 amide bonds. The molecule has 1 heteroatoms. The van der Waals surface area contributed by atoms with Crippen molar-refractivity contribution >= 4 is 5.69 Å². The second-order valence-electron chi connectivity index (χ2n) is 5.29. The minimum atomic E-state index is 0.294. The first-order chi connectivity index (χ1) is 6.37. The zero-order valence-electron chi connectivity index (χ0n) is 9.76. The third kappa shape index (κ3) is 1.08. The van der Waals surface area contributed by atoms with E-state index in [1.165, 1.54) is 11.3 Å². The van der Waals surface area contributed by atoms with Crippen LogP contribution < -0.4 is 4.90 Å². The van der Waals surface area contributed by atoms with Gasteiger partial charge in [-0.05, 0) is 46.8 Å². The molecule has 0 aliphatic carbocycles. The van der Waals surface area contributed by atoms with Gasteiger partial charge < -0.3 is 4.90 Å². The normalized spacial score (nSPS) is 22.2. The van der Waals surface area contributed by atoms with Gasteiger partial charge in [-0.2, -0.15) is 0 Å². The van der Waals surface area contributed by atoms with Gasteiger partial charge >= 0.3 is 0 Å². The van der Waals surface area contributed by atoms with E-state index < -0.39 is 0 Å². The van der Waals surface area contributed by atoms with Gasteiger partial charge in [0.2, 0.25) is 0 Å². The Bertz CT molecular complexity index is 332. The predicted octanol–water partition coefficient (Wildman–Crippen LogP) is 3.37. The first kappa shape index (κ1) is 9.57. The monoisotopic (exact) mass is 189 g/mol. The van der Waals surface area contributed by atoms with Crippen molar-refractivity contribution in [2.24, 2.45) is 0 Å². The van der Waals surface area contributed by atoms with Crippen LogP contribution in [-0.2, 0) is 0 Å². The smallest absolute Gasteiger partial charge is 0.0578 e. The molecule has 1 aliphatic heterocycles. The molecule has 1 aromatic carbocycles. The Kier molecular flexibility index (Phi) is 1.73. The largest absolute Gasteiger partial charge is 0.357 e. The number of aryl methyl sites for hydroxylation is 1. The average molecular weight is 189 g/mol. The maximum absolute atomic E-state index is 2.47. The molecule has 76 valence electrons. The summed E-state index contributed by atoms with van der Waals surface area (Å²) in [5.74, 6) is 0. The minimum absolute atomic E-state index is 0.294. The SMILES string of the molecule is Cc1ccc(N2C(C)(C)C2(C)C)cc1. The van der Waals surface area contributed by atoms with Crippen molar-refractivity contribution in [3.05, 3.63) is 29.8 Å². The highest BCUT2D eigenvalue weighted by atomic mass is 15.4. The Labute approximate surface area is 86.7 Å². The van der Waals surface area contributed by atoms with Gasteiger partial charge in [-0.25, -0.2) is 0 Å². The third-order valence-corrected chi connectivity index (χ3v) is 3.86. The van der Waals surface area contributed by atoms with Gasteiger partial charge in [0, 0.05) is 5.69 Å². The van der Waals surface area contributed by atoms with Gasteiger partial charge in [0.05, 0.1) is 11.1 Å². The topological polar surface area (TPSA) is 3.01 Å². The predicted molar refractivity (Wildman–Crippen MR) is 61.8 cm³/mol. The minimum Gasteiger partial charge on any atom is -0.357 e. The van der Waals surface area contributed by atoms with Crippen LogP contribution in [0.3, 0.4) is 0 Å². The highest BCUT2D eigenvalue weighted by Crippen LogP contribution is 2.53. The molecular weight excluding hydrogens is 170 g/mol. The number of rotatable bonds is 1. The lowest BCUT2D eigenvalue weighted by atomic mass is 10.0. The summed E-state index contributed by atoms with van der Waals surface area (Å²) in [5.41, 5.74) is 3.25. The van der Waals surface area contributed by atoms with Gasteiger partial charge in [0.15, 0.2) is 0 Å². The summed E-state index contributed by atoms with van der Waals surface area (Å²) in [7, 11) is 0. The van der Waals surface area contributed by atoms with Crippen molar-refractivity contribution in [1.29, 1.82) is 0 Å². The number of hydrogen-bond donors (Lipinski definition) is 0. The van der Waals surface area contributed by atoms with E-state index in [1.807, 2.05) is 0 Å². The van der Waals surface area contributed by atoms with Crippen LogP contribution in [0.4, 0.5) is 5.69 Å². The van der Waals surface area contributed by atoms with Gasteiger partial charge in [0.1, 0.15) is 0 Å². The summed E-state index contributed by atoms with van der Waals surface area (Å²) in [6, 6.07) is 8.79. The molecule has 0 bridgehead atoms. The van der Waals surface area contributed by atoms with E-state index in [4.69, 9.17) is 0 Å². The number of hydrogen-bond acceptors (Lipinski definition) is 1. The molecule has 1 saturated heterocycles. The molecule has 14 heavy (non-hydrogen) atoms. The summed E-state index contributed by atoms with van der Waals surface area (Å²) in [6.45, 7) is 11.3. The molecular formula is C13H19N. The molecule has 0 spiro atoms. The maximum Gasteiger partial charge on any atom is 0.0578 e. The van der Waals surface area contributed by atoms with Crippen molar-refractivity contribution in [2.75, 3.05) is 4.90 Å². The van der Waals surface area contributed by atoms with Crippen LogP contribution in [0.2, 0.25) is 0 Å². The molecule has 1 aromatic rings. The number of anilines is 1. The molecule has 1 heterocycles. The van der Waals surface area contributed by atoms with Crippen molar-refractivity contribution in [3.8, 4) is 0 Å². The summed E-state index contributed by atoms with van der Waals surface area (Å²) in [6.07, 6.45) is 0. The lowest BCUT2D eigenvalue weighted by Gasteiger charge is -2.09. The molecule has 0 radical (unpaired) electrons. The van der Waals surface area contributed by atoms with Crippen LogP contribution in [0.15, 0.2) is 24.3 Å². The van der Waals surface area contributed by atoms with E-state index in [-0.39, 0.29) is 0 Å². The average Bonchev–Trinajstić information content (AvgIpc) is 2.46. The Balaban J connectivity index is 2.32. The molecule has 0 aromatic heterocycles. The molecule has 0 atom stereocenters. The van der Waals surface area contributed by atoms with Gasteiger partial charge in [-0.1, -0.05) is 17.7 Å². The van der Waals surface area contributed by atoms with Gasteiger partial charge in [-0.3, -0.25) is 0 Å². The second kappa shape index (κ2) is 2.53. The summed E-state index contributed by atoms with van der Waals surface area (Å²) in [4.78, 5) is 2.47. The fourth-order valence-corrected chi connectivity index (χ4v) is 2.26. The standard InChI is InChI=1S/C13H19N/c1-10-6-8-11(9-7-10)14-12(2,3)13(14,4)5/h6-9H,1-5H3. The van der Waals surface area contributed by atoms with Crippen LogP contribution in [0.1, 0.15) is 33.3 Å². The fourth-order valence-electron chi connectivity index (χ4n) is 2.26. The van der Waals surface area contributed by atoms with Crippen LogP contribution >= 0.6 is 0 Å². The zero-order valence-corrected chi connectivity index (χ0v) is 9.76. The molecule has 0 N–H and O–H groups in total. The van der Waals surface area contributed by atoms with E-state index in [0.717, 1.165) is 0 Å². The first-order valence-electron chi connectivity index (χ1n) is 5.24. The van der Waals surface area contributed by atoms with Crippen molar-refractivity contribution in [3.63, 3.8) is 0 Å². The fraction of sp³-hybridized carbons (Fsp3) is 0.538. The van der Waals surface area contributed by atoms with Crippen LogP contribution in [0, 0.1) is 6.92 Å². The first-order valence-corrected chi connectivity index (χ1v) is 5.24. The Morgan fingerprint density at radius 3 is 1.64 bits per heavy atom. The molecule has 0 saturated carbocycles. The zero-order chi connectivity index (χ0) is 10.6. The van der Waals surface area contributed by atoms with Crippen molar-refractivity contribution in [2.45, 2.75) is 45.7 Å². The maximum atomic E-state index is 2.47. The van der Waals surface area contributed by atoms with Crippen molar-refractivity contribution < 1.29 is 0 Å². The number of nitrogens with zero attached hydrogens (tertiary/aromatic N) is 1. The molecule has 1 fully saturated rings. The Morgan fingerprint density at radius 1 is 0.857 bits per heavy atom. The highest BCUT2D eigenvalue weighted by molar-refractivity contribution is 5.63. The van der Waals surface area contributed by atoms with E-state index in [0.29, 0.717) is 11.1 Å². The Hall–Kier alpha value is -0.980. The van der Waals surface area contributed by atoms with E-state index in [9.17, 15) is 0 Å². The second-order valence-corrected chi connectivity index (χ2v) is 5.29. The van der Waals surface area contributed by atoms with E-state index in [2.05, 4.69) is 63.8 Å².